The molecule has 0 unspecified atom stereocenters. The zero-order valence-corrected chi connectivity index (χ0v) is 12.1. The summed E-state index contributed by atoms with van der Waals surface area (Å²) in [4.78, 5) is 4.00. The molecule has 0 amide bonds. The summed E-state index contributed by atoms with van der Waals surface area (Å²) in [6.07, 6.45) is 1.65. The highest BCUT2D eigenvalue weighted by atomic mass is 15.0. The van der Waals surface area contributed by atoms with E-state index in [4.69, 9.17) is 11.5 Å². The third-order valence-corrected chi connectivity index (χ3v) is 3.59. The summed E-state index contributed by atoms with van der Waals surface area (Å²) in [7, 11) is 0. The Balaban J connectivity index is 2.01. The fourth-order valence-corrected chi connectivity index (χ4v) is 2.42. The summed E-state index contributed by atoms with van der Waals surface area (Å²) in [5.74, 6) is 0.338. The first-order chi connectivity index (χ1) is 10.8. The third-order valence-electron chi connectivity index (χ3n) is 3.59. The van der Waals surface area contributed by atoms with Crippen LogP contribution in [0, 0.1) is 0 Å². The number of nitrogen functional groups attached to an aromatic ring is 2. The predicted octanol–water partition coefficient (Wildman–Crippen LogP) is 3.45. The van der Waals surface area contributed by atoms with Gasteiger partial charge >= 0.3 is 0 Å². The Labute approximate surface area is 129 Å². The molecular formula is C18H18N4. The number of nitrogens with zero attached hydrogens (tertiary/aromatic N) is 1. The van der Waals surface area contributed by atoms with E-state index in [1.54, 1.807) is 6.20 Å². The Morgan fingerprint density at radius 1 is 0.773 bits per heavy atom. The standard InChI is InChI=1S/C18H18N4/c19-16-15(11-12-21-18(16)20)22-17(13-7-3-1-4-8-13)14-9-5-2-6-10-14/h1-12,17H,19H2,(H3,20,21,22). The highest BCUT2D eigenvalue weighted by molar-refractivity contribution is 5.76. The Morgan fingerprint density at radius 2 is 1.32 bits per heavy atom. The molecular weight excluding hydrogens is 272 g/mol. The van der Waals surface area contributed by atoms with E-state index < -0.39 is 0 Å². The molecule has 3 rings (SSSR count). The van der Waals surface area contributed by atoms with Gasteiger partial charge in [0.1, 0.15) is 5.82 Å². The maximum Gasteiger partial charge on any atom is 0.148 e. The summed E-state index contributed by atoms with van der Waals surface area (Å²) in [5, 5.41) is 3.48. The lowest BCUT2D eigenvalue weighted by molar-refractivity contribution is 0.939. The van der Waals surface area contributed by atoms with Crippen LogP contribution in [-0.2, 0) is 0 Å². The van der Waals surface area contributed by atoms with Crippen LogP contribution in [0.15, 0.2) is 72.9 Å². The molecule has 4 heteroatoms. The van der Waals surface area contributed by atoms with Crippen molar-refractivity contribution in [3.8, 4) is 0 Å². The lowest BCUT2D eigenvalue weighted by Gasteiger charge is -2.22. The lowest BCUT2D eigenvalue weighted by Crippen LogP contribution is -2.14. The number of nitrogens with two attached hydrogens (primary N) is 2. The molecule has 0 fully saturated rings. The van der Waals surface area contributed by atoms with E-state index in [0.29, 0.717) is 11.5 Å². The van der Waals surface area contributed by atoms with Crippen molar-refractivity contribution < 1.29 is 0 Å². The molecule has 0 spiro atoms. The number of pyridine rings is 1. The Bertz CT molecular complexity index is 702. The van der Waals surface area contributed by atoms with Crippen LogP contribution in [0.3, 0.4) is 0 Å². The van der Waals surface area contributed by atoms with E-state index in [2.05, 4.69) is 34.6 Å². The van der Waals surface area contributed by atoms with E-state index in [-0.39, 0.29) is 6.04 Å². The van der Waals surface area contributed by atoms with E-state index in [9.17, 15) is 0 Å². The summed E-state index contributed by atoms with van der Waals surface area (Å²) >= 11 is 0. The molecule has 1 heterocycles. The normalized spacial score (nSPS) is 10.6. The van der Waals surface area contributed by atoms with Crippen molar-refractivity contribution in [1.82, 2.24) is 4.98 Å². The van der Waals surface area contributed by atoms with Gasteiger partial charge in [0.15, 0.2) is 0 Å². The molecule has 110 valence electrons. The van der Waals surface area contributed by atoms with Gasteiger partial charge in [0.2, 0.25) is 0 Å². The minimum absolute atomic E-state index is 0.00787. The zero-order valence-electron chi connectivity index (χ0n) is 12.1. The van der Waals surface area contributed by atoms with E-state index in [1.165, 1.54) is 0 Å². The molecule has 0 atom stereocenters. The zero-order chi connectivity index (χ0) is 15.4. The van der Waals surface area contributed by atoms with Crippen LogP contribution < -0.4 is 16.8 Å². The Morgan fingerprint density at radius 3 is 1.86 bits per heavy atom. The van der Waals surface area contributed by atoms with Crippen molar-refractivity contribution >= 4 is 17.2 Å². The van der Waals surface area contributed by atoms with Crippen LogP contribution in [0.2, 0.25) is 0 Å². The molecule has 2 aromatic carbocycles. The SMILES string of the molecule is Nc1nccc(NC(c2ccccc2)c2ccccc2)c1N. The third kappa shape index (κ3) is 2.86. The molecule has 3 aromatic rings. The van der Waals surface area contributed by atoms with Gasteiger partial charge in [0.05, 0.1) is 17.4 Å². The number of nitrogens with one attached hydrogen (secondary N) is 1. The smallest absolute Gasteiger partial charge is 0.148 e. The van der Waals surface area contributed by atoms with E-state index in [0.717, 1.165) is 16.8 Å². The number of rotatable bonds is 4. The van der Waals surface area contributed by atoms with Gasteiger partial charge in [-0.1, -0.05) is 60.7 Å². The van der Waals surface area contributed by atoms with Crippen LogP contribution in [0.1, 0.15) is 17.2 Å². The van der Waals surface area contributed by atoms with Gasteiger partial charge in [-0.05, 0) is 17.2 Å². The predicted molar refractivity (Wildman–Crippen MR) is 91.4 cm³/mol. The summed E-state index contributed by atoms with van der Waals surface area (Å²) < 4.78 is 0. The lowest BCUT2D eigenvalue weighted by atomic mass is 9.98. The fourth-order valence-electron chi connectivity index (χ4n) is 2.42. The number of anilines is 3. The van der Waals surface area contributed by atoms with Crippen LogP contribution in [0.25, 0.3) is 0 Å². The van der Waals surface area contributed by atoms with E-state index >= 15 is 0 Å². The quantitative estimate of drug-likeness (QED) is 0.688. The number of hydrogen-bond acceptors (Lipinski definition) is 4. The maximum absolute atomic E-state index is 6.04. The fraction of sp³-hybridized carbons (Fsp3) is 0.0556. The van der Waals surface area contributed by atoms with Crippen LogP contribution >= 0.6 is 0 Å². The molecule has 0 radical (unpaired) electrons. The first-order valence-corrected chi connectivity index (χ1v) is 7.12. The number of hydrogen-bond donors (Lipinski definition) is 3. The van der Waals surface area contributed by atoms with Gasteiger partial charge in [-0.25, -0.2) is 4.98 Å². The van der Waals surface area contributed by atoms with Crippen molar-refractivity contribution in [3.63, 3.8) is 0 Å². The van der Waals surface area contributed by atoms with Crippen LogP contribution in [0.5, 0.6) is 0 Å². The number of aromatic nitrogens is 1. The Hall–Kier alpha value is -3.01. The average molecular weight is 290 g/mol. The molecule has 1 aromatic heterocycles. The van der Waals surface area contributed by atoms with Crippen molar-refractivity contribution in [2.24, 2.45) is 0 Å². The number of benzene rings is 2. The largest absolute Gasteiger partial charge is 0.394 e. The maximum atomic E-state index is 6.04. The van der Waals surface area contributed by atoms with Gasteiger partial charge in [-0.3, -0.25) is 0 Å². The average Bonchev–Trinajstić information content (AvgIpc) is 2.58. The topological polar surface area (TPSA) is 77.0 Å². The molecule has 0 aliphatic heterocycles. The summed E-state index contributed by atoms with van der Waals surface area (Å²) in [6, 6.07) is 22.3. The summed E-state index contributed by atoms with van der Waals surface area (Å²) in [5.41, 5.74) is 15.4. The summed E-state index contributed by atoms with van der Waals surface area (Å²) in [6.45, 7) is 0. The highest BCUT2D eigenvalue weighted by Gasteiger charge is 2.15. The molecule has 0 saturated heterocycles. The molecule has 0 bridgehead atoms. The molecule has 0 saturated carbocycles. The highest BCUT2D eigenvalue weighted by Crippen LogP contribution is 2.30. The Kier molecular flexibility index (Phi) is 3.92. The van der Waals surface area contributed by atoms with E-state index in [1.807, 2.05) is 42.5 Å². The van der Waals surface area contributed by atoms with Gasteiger partial charge in [0.25, 0.3) is 0 Å². The first-order valence-electron chi connectivity index (χ1n) is 7.12. The molecule has 5 N–H and O–H groups in total. The molecule has 4 nitrogen and oxygen atoms in total. The van der Waals surface area contributed by atoms with Crippen molar-refractivity contribution in [3.05, 3.63) is 84.1 Å². The van der Waals surface area contributed by atoms with Gasteiger partial charge in [0, 0.05) is 6.20 Å². The van der Waals surface area contributed by atoms with Crippen molar-refractivity contribution in [2.45, 2.75) is 6.04 Å². The molecule has 0 aliphatic rings. The van der Waals surface area contributed by atoms with Gasteiger partial charge in [-0.15, -0.1) is 0 Å². The van der Waals surface area contributed by atoms with Crippen LogP contribution in [0.4, 0.5) is 17.2 Å². The van der Waals surface area contributed by atoms with Crippen LogP contribution in [-0.4, -0.2) is 4.98 Å². The van der Waals surface area contributed by atoms with Crippen molar-refractivity contribution in [1.29, 1.82) is 0 Å². The second kappa shape index (κ2) is 6.18. The minimum Gasteiger partial charge on any atom is -0.394 e. The van der Waals surface area contributed by atoms with Crippen molar-refractivity contribution in [2.75, 3.05) is 16.8 Å². The van der Waals surface area contributed by atoms with Gasteiger partial charge < -0.3 is 16.8 Å². The van der Waals surface area contributed by atoms with Gasteiger partial charge in [-0.2, -0.15) is 0 Å². The minimum atomic E-state index is -0.00787. The second-order valence-corrected chi connectivity index (χ2v) is 5.06. The second-order valence-electron chi connectivity index (χ2n) is 5.06. The molecule has 22 heavy (non-hydrogen) atoms. The first kappa shape index (κ1) is 13.9. The monoisotopic (exact) mass is 290 g/mol. The molecule has 0 aliphatic carbocycles.